The van der Waals surface area contributed by atoms with Gasteiger partial charge in [0, 0.05) is 47.7 Å². The number of hydrogen-bond donors (Lipinski definition) is 0. The van der Waals surface area contributed by atoms with Crippen LogP contribution >= 0.6 is 11.3 Å². The van der Waals surface area contributed by atoms with Gasteiger partial charge in [0.1, 0.15) is 16.4 Å². The Balaban J connectivity index is 1.62. The first kappa shape index (κ1) is 17.5. The molecule has 0 radical (unpaired) electrons. The van der Waals surface area contributed by atoms with Gasteiger partial charge in [-0.3, -0.25) is 9.78 Å². The number of benzene rings is 1. The minimum Gasteiger partial charge on any atom is -0.331 e. The van der Waals surface area contributed by atoms with E-state index in [9.17, 15) is 4.79 Å². The maximum absolute atomic E-state index is 13.4. The second-order valence-electron chi connectivity index (χ2n) is 7.93. The lowest BCUT2D eigenvalue weighted by Crippen LogP contribution is -2.36. The number of aryl methyl sites for hydroxylation is 1. The monoisotopic (exact) mass is 413 g/mol. The molecule has 2 aliphatic rings. The van der Waals surface area contributed by atoms with Crippen LogP contribution in [-0.4, -0.2) is 37.6 Å². The SMILES string of the molecule is Cc1ncccc1-c1ccc2c(c1)-n1nc(-c3nccs3)cc1C(=O)N(C)C21CC1. The van der Waals surface area contributed by atoms with Crippen LogP contribution in [-0.2, 0) is 5.54 Å². The fourth-order valence-corrected chi connectivity index (χ4v) is 5.09. The smallest absolute Gasteiger partial charge is 0.273 e. The van der Waals surface area contributed by atoms with Gasteiger partial charge in [-0.05, 0) is 37.5 Å². The van der Waals surface area contributed by atoms with Crippen molar-refractivity contribution in [1.29, 1.82) is 0 Å². The highest BCUT2D eigenvalue weighted by Crippen LogP contribution is 2.54. The number of hydrogen-bond acceptors (Lipinski definition) is 5. The Hall–Kier alpha value is -3.32. The van der Waals surface area contributed by atoms with Crippen LogP contribution in [0.25, 0.3) is 27.5 Å². The first-order valence-electron chi connectivity index (χ1n) is 9.93. The summed E-state index contributed by atoms with van der Waals surface area (Å²) in [7, 11) is 1.91. The molecular formula is C23H19N5OS. The van der Waals surface area contributed by atoms with Crippen LogP contribution in [0.1, 0.15) is 34.6 Å². The van der Waals surface area contributed by atoms with Crippen LogP contribution in [0.5, 0.6) is 0 Å². The van der Waals surface area contributed by atoms with Gasteiger partial charge in [0.25, 0.3) is 5.91 Å². The van der Waals surface area contributed by atoms with E-state index >= 15 is 0 Å². The number of nitrogens with zero attached hydrogens (tertiary/aromatic N) is 5. The highest BCUT2D eigenvalue weighted by Gasteiger charge is 2.53. The number of pyridine rings is 1. The second kappa shape index (κ2) is 6.09. The van der Waals surface area contributed by atoms with E-state index in [1.165, 1.54) is 11.3 Å². The van der Waals surface area contributed by atoms with Gasteiger partial charge in [-0.2, -0.15) is 5.10 Å². The van der Waals surface area contributed by atoms with Crippen LogP contribution in [0.2, 0.25) is 0 Å². The maximum atomic E-state index is 13.4. The number of thiazole rings is 1. The van der Waals surface area contributed by atoms with E-state index in [0.29, 0.717) is 5.69 Å². The van der Waals surface area contributed by atoms with Crippen LogP contribution < -0.4 is 0 Å². The predicted octanol–water partition coefficient (Wildman–Crippen LogP) is 4.44. The number of fused-ring (bicyclic) bond motifs is 4. The lowest BCUT2D eigenvalue weighted by atomic mass is 9.96. The average molecular weight is 414 g/mol. The number of carbonyl (C=O) groups is 1. The van der Waals surface area contributed by atoms with Gasteiger partial charge in [-0.1, -0.05) is 18.2 Å². The topological polar surface area (TPSA) is 63.9 Å². The summed E-state index contributed by atoms with van der Waals surface area (Å²) in [6.45, 7) is 2.01. The van der Waals surface area contributed by atoms with E-state index < -0.39 is 0 Å². The molecule has 0 unspecified atom stereocenters. The molecule has 1 aliphatic heterocycles. The zero-order valence-corrected chi connectivity index (χ0v) is 17.5. The van der Waals surface area contributed by atoms with Crippen molar-refractivity contribution in [1.82, 2.24) is 24.6 Å². The molecule has 0 N–H and O–H groups in total. The first-order valence-corrected chi connectivity index (χ1v) is 10.8. The first-order chi connectivity index (χ1) is 14.6. The van der Waals surface area contributed by atoms with E-state index in [-0.39, 0.29) is 11.4 Å². The molecule has 4 aromatic rings. The lowest BCUT2D eigenvalue weighted by Gasteiger charge is -2.27. The van der Waals surface area contributed by atoms with E-state index in [2.05, 4.69) is 34.2 Å². The number of aromatic nitrogens is 4. The Morgan fingerprint density at radius 2 is 1.97 bits per heavy atom. The number of amides is 1. The molecule has 30 heavy (non-hydrogen) atoms. The fourth-order valence-electron chi connectivity index (χ4n) is 4.50. The summed E-state index contributed by atoms with van der Waals surface area (Å²) < 4.78 is 1.81. The zero-order chi connectivity index (χ0) is 20.5. The molecule has 0 saturated heterocycles. The predicted molar refractivity (Wildman–Crippen MR) is 116 cm³/mol. The van der Waals surface area contributed by atoms with E-state index in [4.69, 9.17) is 5.10 Å². The minimum absolute atomic E-state index is 0.00175. The number of rotatable bonds is 2. The maximum Gasteiger partial charge on any atom is 0.273 e. The molecule has 7 heteroatoms. The van der Waals surface area contributed by atoms with E-state index in [1.807, 2.05) is 41.1 Å². The Morgan fingerprint density at radius 3 is 2.70 bits per heavy atom. The summed E-state index contributed by atoms with van der Waals surface area (Å²) in [6.07, 6.45) is 5.51. The van der Waals surface area contributed by atoms with Crippen molar-refractivity contribution < 1.29 is 4.79 Å². The third kappa shape index (κ3) is 2.35. The Kier molecular flexibility index (Phi) is 3.56. The van der Waals surface area contributed by atoms with Crippen molar-refractivity contribution in [3.8, 4) is 27.5 Å². The van der Waals surface area contributed by atoms with Gasteiger partial charge in [-0.15, -0.1) is 11.3 Å². The summed E-state index contributed by atoms with van der Waals surface area (Å²) in [4.78, 5) is 24.1. The molecule has 6 nitrogen and oxygen atoms in total. The standard InChI is InChI=1S/C23H19N5OS/c1-14-16(4-3-9-24-14)15-5-6-17-19(12-15)28-20(22(29)27(2)23(17)7-8-23)13-18(26-28)21-25-10-11-30-21/h3-6,9-13H,7-8H2,1-2H3. The summed E-state index contributed by atoms with van der Waals surface area (Å²) in [5.41, 5.74) is 6.31. The van der Waals surface area contributed by atoms with Gasteiger partial charge >= 0.3 is 0 Å². The molecule has 0 bridgehead atoms. The van der Waals surface area contributed by atoms with Crippen LogP contribution in [0, 0.1) is 6.92 Å². The van der Waals surface area contributed by atoms with Crippen LogP contribution in [0.15, 0.2) is 54.2 Å². The molecule has 1 aliphatic carbocycles. The minimum atomic E-state index is -0.239. The molecule has 1 aromatic carbocycles. The molecule has 3 aromatic heterocycles. The summed E-state index contributed by atoms with van der Waals surface area (Å²) in [5, 5.41) is 7.57. The summed E-state index contributed by atoms with van der Waals surface area (Å²) in [6, 6.07) is 12.3. The zero-order valence-electron chi connectivity index (χ0n) is 16.7. The van der Waals surface area contributed by atoms with Crippen molar-refractivity contribution in [2.24, 2.45) is 0 Å². The van der Waals surface area contributed by atoms with Gasteiger partial charge in [0.05, 0.1) is 11.2 Å². The van der Waals surface area contributed by atoms with Gasteiger partial charge < -0.3 is 4.90 Å². The Morgan fingerprint density at radius 1 is 1.10 bits per heavy atom. The molecule has 1 fully saturated rings. The van der Waals surface area contributed by atoms with E-state index in [0.717, 1.165) is 51.6 Å². The van der Waals surface area contributed by atoms with Crippen molar-refractivity contribution in [3.05, 3.63) is 71.1 Å². The average Bonchev–Trinajstić information content (AvgIpc) is 3.19. The molecule has 148 valence electrons. The fraction of sp³-hybridized carbons (Fsp3) is 0.217. The Bertz CT molecular complexity index is 1300. The highest BCUT2D eigenvalue weighted by molar-refractivity contribution is 7.13. The summed E-state index contributed by atoms with van der Waals surface area (Å²) >= 11 is 1.52. The molecular weight excluding hydrogens is 394 g/mol. The van der Waals surface area contributed by atoms with Crippen molar-refractivity contribution in [2.75, 3.05) is 7.05 Å². The van der Waals surface area contributed by atoms with Crippen molar-refractivity contribution >= 4 is 17.2 Å². The molecule has 1 spiro atoms. The second-order valence-corrected chi connectivity index (χ2v) is 8.82. The Labute approximate surface area is 177 Å². The molecule has 0 atom stereocenters. The summed E-state index contributed by atoms with van der Waals surface area (Å²) in [5.74, 6) is -0.00175. The largest absolute Gasteiger partial charge is 0.331 e. The normalized spacial score (nSPS) is 16.3. The third-order valence-corrected chi connectivity index (χ3v) is 7.09. The number of carbonyl (C=O) groups excluding carboxylic acids is 1. The van der Waals surface area contributed by atoms with Crippen LogP contribution in [0.4, 0.5) is 0 Å². The van der Waals surface area contributed by atoms with Gasteiger partial charge in [-0.25, -0.2) is 9.67 Å². The van der Waals surface area contributed by atoms with Crippen molar-refractivity contribution in [3.63, 3.8) is 0 Å². The lowest BCUT2D eigenvalue weighted by molar-refractivity contribution is 0.0704. The quantitative estimate of drug-likeness (QED) is 0.487. The van der Waals surface area contributed by atoms with Crippen LogP contribution in [0.3, 0.4) is 0 Å². The van der Waals surface area contributed by atoms with Gasteiger partial charge in [0.15, 0.2) is 0 Å². The third-order valence-electron chi connectivity index (χ3n) is 6.30. The van der Waals surface area contributed by atoms with Gasteiger partial charge in [0.2, 0.25) is 0 Å². The highest BCUT2D eigenvalue weighted by atomic mass is 32.1. The molecule has 1 amide bonds. The molecule has 6 rings (SSSR count). The molecule has 4 heterocycles. The van der Waals surface area contributed by atoms with Crippen molar-refractivity contribution in [2.45, 2.75) is 25.3 Å². The van der Waals surface area contributed by atoms with E-state index in [1.54, 1.807) is 12.4 Å². The molecule has 1 saturated carbocycles.